The highest BCUT2D eigenvalue weighted by molar-refractivity contribution is 6.31. The molecule has 14 heteroatoms. The number of nitrogens with one attached hydrogen (secondary N) is 1. The SMILES string of the molecule is COC(=O)C1=C(CN2CCOC[C@@H]2OC(=O)O)NC(c2ncc(F)cc2F)=N[C@H]1c1ccc(F)cc1Cl. The first-order valence-corrected chi connectivity index (χ1v) is 11.2. The van der Waals surface area contributed by atoms with Crippen molar-refractivity contribution in [2.24, 2.45) is 4.99 Å². The summed E-state index contributed by atoms with van der Waals surface area (Å²) >= 11 is 6.29. The Bertz CT molecular complexity index is 1290. The predicted octanol–water partition coefficient (Wildman–Crippen LogP) is 3.02. The Morgan fingerprint density at radius 1 is 1.27 bits per heavy atom. The third-order valence-corrected chi connectivity index (χ3v) is 5.94. The minimum Gasteiger partial charge on any atom is -0.466 e. The van der Waals surface area contributed by atoms with Gasteiger partial charge in [0.25, 0.3) is 0 Å². The molecule has 2 atom stereocenters. The number of pyridine rings is 1. The van der Waals surface area contributed by atoms with Crippen LogP contribution in [0.3, 0.4) is 0 Å². The van der Waals surface area contributed by atoms with Crippen LogP contribution < -0.4 is 5.32 Å². The van der Waals surface area contributed by atoms with Gasteiger partial charge >= 0.3 is 12.1 Å². The Kier molecular flexibility index (Phi) is 7.95. The molecule has 10 nitrogen and oxygen atoms in total. The summed E-state index contributed by atoms with van der Waals surface area (Å²) in [6.07, 6.45) is -1.76. The minimum absolute atomic E-state index is 0.0529. The first-order valence-electron chi connectivity index (χ1n) is 10.8. The van der Waals surface area contributed by atoms with Crippen LogP contribution in [-0.4, -0.2) is 72.6 Å². The highest BCUT2D eigenvalue weighted by atomic mass is 35.5. The van der Waals surface area contributed by atoms with Crippen molar-refractivity contribution in [2.45, 2.75) is 12.3 Å². The van der Waals surface area contributed by atoms with Gasteiger partial charge in [-0.2, -0.15) is 0 Å². The lowest BCUT2D eigenvalue weighted by Crippen LogP contribution is -2.50. The maximum atomic E-state index is 14.7. The van der Waals surface area contributed by atoms with E-state index in [1.807, 2.05) is 0 Å². The Morgan fingerprint density at radius 2 is 2.05 bits per heavy atom. The van der Waals surface area contributed by atoms with Gasteiger partial charge in [0.05, 0.1) is 32.1 Å². The summed E-state index contributed by atoms with van der Waals surface area (Å²) in [5, 5.41) is 11.9. The van der Waals surface area contributed by atoms with Gasteiger partial charge in [-0.25, -0.2) is 27.7 Å². The summed E-state index contributed by atoms with van der Waals surface area (Å²) < 4.78 is 57.2. The van der Waals surface area contributed by atoms with E-state index in [-0.39, 0.29) is 59.7 Å². The lowest BCUT2D eigenvalue weighted by Gasteiger charge is -2.36. The molecule has 0 amide bonds. The van der Waals surface area contributed by atoms with E-state index in [9.17, 15) is 22.8 Å². The number of amidine groups is 1. The van der Waals surface area contributed by atoms with E-state index >= 15 is 0 Å². The molecule has 1 fully saturated rings. The van der Waals surface area contributed by atoms with E-state index in [2.05, 4.69) is 15.3 Å². The van der Waals surface area contributed by atoms with Gasteiger partial charge in [0.2, 0.25) is 0 Å². The van der Waals surface area contributed by atoms with E-state index in [1.54, 1.807) is 4.90 Å². The first kappa shape index (κ1) is 26.4. The van der Waals surface area contributed by atoms with Crippen LogP contribution in [0.4, 0.5) is 18.0 Å². The number of methoxy groups -OCH3 is 1. The average molecular weight is 541 g/mol. The van der Waals surface area contributed by atoms with Crippen LogP contribution in [0, 0.1) is 17.5 Å². The Labute approximate surface area is 213 Å². The fourth-order valence-electron chi connectivity index (χ4n) is 3.95. The van der Waals surface area contributed by atoms with Crippen LogP contribution in [0.15, 0.2) is 46.7 Å². The molecule has 0 spiro atoms. The number of aromatic nitrogens is 1. The van der Waals surface area contributed by atoms with Crippen LogP contribution in [0.1, 0.15) is 17.3 Å². The van der Waals surface area contributed by atoms with E-state index in [1.165, 1.54) is 6.07 Å². The quantitative estimate of drug-likeness (QED) is 0.532. The second-order valence-electron chi connectivity index (χ2n) is 7.92. The molecule has 1 aromatic carbocycles. The average Bonchev–Trinajstić information content (AvgIpc) is 2.84. The Balaban J connectivity index is 1.85. The predicted molar refractivity (Wildman–Crippen MR) is 122 cm³/mol. The summed E-state index contributed by atoms with van der Waals surface area (Å²) in [7, 11) is 1.14. The molecule has 3 heterocycles. The summed E-state index contributed by atoms with van der Waals surface area (Å²) in [6.45, 7) is 0.260. The molecular formula is C23H20ClF3N4O6. The van der Waals surface area contributed by atoms with Gasteiger partial charge in [-0.1, -0.05) is 17.7 Å². The van der Waals surface area contributed by atoms with Crippen molar-refractivity contribution in [1.29, 1.82) is 0 Å². The van der Waals surface area contributed by atoms with Gasteiger partial charge in [-0.05, 0) is 12.1 Å². The van der Waals surface area contributed by atoms with Crippen molar-refractivity contribution in [2.75, 3.05) is 33.4 Å². The number of morpholine rings is 1. The van der Waals surface area contributed by atoms with Crippen LogP contribution in [0.2, 0.25) is 5.02 Å². The van der Waals surface area contributed by atoms with E-state index < -0.39 is 41.8 Å². The summed E-state index contributed by atoms with van der Waals surface area (Å²) in [5.41, 5.74) is -0.0781. The van der Waals surface area contributed by atoms with Crippen LogP contribution >= 0.6 is 11.6 Å². The first-order chi connectivity index (χ1) is 17.7. The van der Waals surface area contributed by atoms with E-state index in [0.29, 0.717) is 6.07 Å². The molecule has 2 N–H and O–H groups in total. The van der Waals surface area contributed by atoms with Crippen LogP contribution in [0.5, 0.6) is 0 Å². The van der Waals surface area contributed by atoms with E-state index in [4.69, 9.17) is 30.9 Å². The fourth-order valence-corrected chi connectivity index (χ4v) is 4.22. The normalized spacial score (nSPS) is 20.2. The van der Waals surface area contributed by atoms with Gasteiger partial charge in [-0.3, -0.25) is 9.89 Å². The monoisotopic (exact) mass is 540 g/mol. The topological polar surface area (TPSA) is 123 Å². The van der Waals surface area contributed by atoms with Gasteiger partial charge < -0.3 is 24.6 Å². The maximum Gasteiger partial charge on any atom is 0.507 e. The number of nitrogens with zero attached hydrogens (tertiary/aromatic N) is 3. The van der Waals surface area contributed by atoms with Crippen molar-refractivity contribution < 1.29 is 42.1 Å². The number of hydrogen-bond acceptors (Lipinski definition) is 9. The number of aliphatic imine (C=N–C) groups is 1. The molecule has 4 rings (SSSR count). The molecule has 0 radical (unpaired) electrons. The molecule has 0 aliphatic carbocycles. The Morgan fingerprint density at radius 3 is 2.73 bits per heavy atom. The molecule has 37 heavy (non-hydrogen) atoms. The zero-order chi connectivity index (χ0) is 26.7. The zero-order valence-corrected chi connectivity index (χ0v) is 20.0. The number of halogens is 4. The number of esters is 1. The standard InChI is InChI=1S/C23H20ClF3N4O6/c1-35-22(32)18-16(9-31-4-5-36-10-17(31)37-23(33)34)29-21(20-15(27)7-12(26)8-28-20)30-19(18)13-3-2-11(25)6-14(13)24/h2-3,6-8,17,19H,4-5,9-10H2,1H3,(H,29,30)(H,33,34)/t17-,19-/m0/s1. The van der Waals surface area contributed by atoms with E-state index in [0.717, 1.165) is 25.4 Å². The lowest BCUT2D eigenvalue weighted by atomic mass is 9.94. The molecule has 0 unspecified atom stereocenters. The third kappa shape index (κ3) is 5.84. The summed E-state index contributed by atoms with van der Waals surface area (Å²) in [5.74, 6) is -3.58. The van der Waals surface area contributed by atoms with Crippen molar-refractivity contribution in [3.63, 3.8) is 0 Å². The number of ether oxygens (including phenoxy) is 3. The highest BCUT2D eigenvalue weighted by Gasteiger charge is 2.36. The number of hydrogen-bond donors (Lipinski definition) is 2. The number of rotatable bonds is 6. The van der Waals surface area contributed by atoms with Crippen LogP contribution in [-0.2, 0) is 19.0 Å². The maximum absolute atomic E-state index is 14.7. The van der Waals surface area contributed by atoms with Crippen molar-refractivity contribution in [1.82, 2.24) is 15.2 Å². The number of carboxylic acid groups (broad SMARTS) is 1. The van der Waals surface area contributed by atoms with Gasteiger partial charge in [0.1, 0.15) is 23.4 Å². The molecular weight excluding hydrogens is 521 g/mol. The molecule has 0 bridgehead atoms. The molecule has 2 aromatic rings. The number of benzene rings is 1. The molecule has 1 saturated heterocycles. The van der Waals surface area contributed by atoms with Crippen molar-refractivity contribution in [3.05, 3.63) is 75.5 Å². The van der Waals surface area contributed by atoms with Crippen molar-refractivity contribution >= 4 is 29.6 Å². The minimum atomic E-state index is -1.53. The summed E-state index contributed by atoms with van der Waals surface area (Å²) in [4.78, 5) is 33.9. The molecule has 2 aliphatic heterocycles. The van der Waals surface area contributed by atoms with Gasteiger partial charge in [0, 0.05) is 35.4 Å². The smallest absolute Gasteiger partial charge is 0.466 e. The van der Waals surface area contributed by atoms with Crippen molar-refractivity contribution in [3.8, 4) is 0 Å². The summed E-state index contributed by atoms with van der Waals surface area (Å²) in [6, 6.07) is 2.86. The Hall–Kier alpha value is -3.68. The van der Waals surface area contributed by atoms with Gasteiger partial charge in [-0.15, -0.1) is 0 Å². The van der Waals surface area contributed by atoms with Crippen LogP contribution in [0.25, 0.3) is 0 Å². The highest BCUT2D eigenvalue weighted by Crippen LogP contribution is 2.37. The third-order valence-electron chi connectivity index (χ3n) is 5.61. The van der Waals surface area contributed by atoms with Gasteiger partial charge in [0.15, 0.2) is 17.9 Å². The number of carbonyl (C=O) groups is 2. The molecule has 1 aromatic heterocycles. The number of carbonyl (C=O) groups excluding carboxylic acids is 1. The zero-order valence-electron chi connectivity index (χ0n) is 19.2. The lowest BCUT2D eigenvalue weighted by molar-refractivity contribution is -0.136. The fraction of sp³-hybridized carbons (Fsp3) is 0.304. The second kappa shape index (κ2) is 11.2. The molecule has 0 saturated carbocycles. The molecule has 196 valence electrons. The molecule has 2 aliphatic rings. The second-order valence-corrected chi connectivity index (χ2v) is 8.33. The largest absolute Gasteiger partial charge is 0.507 e.